The summed E-state index contributed by atoms with van der Waals surface area (Å²) in [6, 6.07) is 4.83. The number of aromatic amines is 1. The number of rotatable bonds is 1. The summed E-state index contributed by atoms with van der Waals surface area (Å²) in [7, 11) is 1.28. The number of nitrogens with zero attached hydrogens (tertiary/aromatic N) is 1. The first-order valence-corrected chi connectivity index (χ1v) is 3.81. The Hall–Kier alpha value is -1.67. The fourth-order valence-corrected chi connectivity index (χ4v) is 1.01. The molecule has 0 amide bonds. The Labute approximate surface area is 79.8 Å². The largest absolute Gasteiger partial charge is 0.464 e. The van der Waals surface area contributed by atoms with Gasteiger partial charge in [-0.15, -0.1) is 0 Å². The van der Waals surface area contributed by atoms with Crippen LogP contribution in [0.3, 0.4) is 0 Å². The van der Waals surface area contributed by atoms with Crippen LogP contribution in [0.25, 0.3) is 0 Å². The van der Waals surface area contributed by atoms with Crippen molar-refractivity contribution in [3.63, 3.8) is 0 Å². The smallest absolute Gasteiger partial charge is 0.354 e. The Morgan fingerprint density at radius 1 is 1.69 bits per heavy atom. The second kappa shape index (κ2) is 3.83. The summed E-state index contributed by atoms with van der Waals surface area (Å²) in [6.45, 7) is 0. The first kappa shape index (κ1) is 9.42. The van der Waals surface area contributed by atoms with E-state index in [0.29, 0.717) is 5.56 Å². The third-order valence-corrected chi connectivity index (χ3v) is 1.76. The Kier molecular flexibility index (Phi) is 2.77. The monoisotopic (exact) mass is 194 g/mol. The van der Waals surface area contributed by atoms with Crippen molar-refractivity contribution in [1.82, 2.24) is 4.98 Å². The van der Waals surface area contributed by atoms with Crippen LogP contribution in [0.15, 0.2) is 12.1 Å². The van der Waals surface area contributed by atoms with E-state index in [-0.39, 0.29) is 10.3 Å². The van der Waals surface area contributed by atoms with Gasteiger partial charge in [0.15, 0.2) is 0 Å². The molecule has 5 heteroatoms. The molecule has 0 saturated carbocycles. The van der Waals surface area contributed by atoms with E-state index in [0.717, 1.165) is 0 Å². The Morgan fingerprint density at radius 2 is 2.38 bits per heavy atom. The molecule has 1 heterocycles. The normalized spacial score (nSPS) is 8.92. The number of H-pyrrole nitrogens is 1. The Balaban J connectivity index is 3.20. The number of ether oxygens (including phenoxy) is 1. The molecular formula is C8H6N2O2S. The van der Waals surface area contributed by atoms with Gasteiger partial charge in [-0.25, -0.2) is 4.79 Å². The number of nitriles is 1. The van der Waals surface area contributed by atoms with E-state index >= 15 is 0 Å². The number of hydrogen-bond acceptors (Lipinski definition) is 4. The van der Waals surface area contributed by atoms with Gasteiger partial charge in [0, 0.05) is 0 Å². The van der Waals surface area contributed by atoms with E-state index in [1.54, 1.807) is 0 Å². The minimum atomic E-state index is -0.504. The molecule has 0 spiro atoms. The van der Waals surface area contributed by atoms with Gasteiger partial charge >= 0.3 is 5.97 Å². The van der Waals surface area contributed by atoms with E-state index in [9.17, 15) is 4.79 Å². The number of aromatic nitrogens is 1. The summed E-state index contributed by atoms with van der Waals surface area (Å²) in [6.07, 6.45) is 0. The maximum Gasteiger partial charge on any atom is 0.354 e. The van der Waals surface area contributed by atoms with Gasteiger partial charge in [-0.2, -0.15) is 5.26 Å². The second-order valence-electron chi connectivity index (χ2n) is 2.22. The highest BCUT2D eigenvalue weighted by molar-refractivity contribution is 7.71. The van der Waals surface area contributed by atoms with Crippen LogP contribution >= 0.6 is 12.2 Å². The summed E-state index contributed by atoms with van der Waals surface area (Å²) < 4.78 is 4.71. The zero-order valence-corrected chi connectivity index (χ0v) is 7.64. The molecule has 0 radical (unpaired) electrons. The summed E-state index contributed by atoms with van der Waals surface area (Å²) >= 11 is 4.82. The lowest BCUT2D eigenvalue weighted by atomic mass is 10.3. The maximum atomic E-state index is 11.0. The summed E-state index contributed by atoms with van der Waals surface area (Å²) in [5.74, 6) is -0.504. The van der Waals surface area contributed by atoms with E-state index in [1.807, 2.05) is 6.07 Å². The van der Waals surface area contributed by atoms with Crippen molar-refractivity contribution in [1.29, 1.82) is 5.26 Å². The van der Waals surface area contributed by atoms with Crippen LogP contribution in [0.5, 0.6) is 0 Å². The number of esters is 1. The standard InChI is InChI=1S/C8H6N2O2S/c1-12-8(11)6-3-2-5(4-9)7(13)10-6/h2-3H,1H3,(H,10,13). The molecule has 0 saturated heterocycles. The van der Waals surface area contributed by atoms with Crippen molar-refractivity contribution in [2.45, 2.75) is 0 Å². The van der Waals surface area contributed by atoms with E-state index < -0.39 is 5.97 Å². The van der Waals surface area contributed by atoms with E-state index in [2.05, 4.69) is 9.72 Å². The highest BCUT2D eigenvalue weighted by atomic mass is 32.1. The molecule has 0 fully saturated rings. The third kappa shape index (κ3) is 1.92. The van der Waals surface area contributed by atoms with Crippen LogP contribution in [0.2, 0.25) is 0 Å². The van der Waals surface area contributed by atoms with Crippen molar-refractivity contribution in [2.75, 3.05) is 7.11 Å². The zero-order valence-electron chi connectivity index (χ0n) is 6.83. The SMILES string of the molecule is COC(=O)c1ccc(C#N)c(=S)[nH]1. The average Bonchev–Trinajstić information content (AvgIpc) is 2.16. The van der Waals surface area contributed by atoms with Crippen LogP contribution < -0.4 is 0 Å². The Morgan fingerprint density at radius 3 is 2.85 bits per heavy atom. The van der Waals surface area contributed by atoms with Gasteiger partial charge in [-0.3, -0.25) is 0 Å². The van der Waals surface area contributed by atoms with Crippen LogP contribution in [0.1, 0.15) is 16.1 Å². The van der Waals surface area contributed by atoms with Crippen LogP contribution in [-0.2, 0) is 4.74 Å². The fraction of sp³-hybridized carbons (Fsp3) is 0.125. The predicted molar refractivity (Wildman–Crippen MR) is 47.7 cm³/mol. The molecule has 0 bridgehead atoms. The average molecular weight is 194 g/mol. The predicted octanol–water partition coefficient (Wildman–Crippen LogP) is 1.40. The summed E-state index contributed by atoms with van der Waals surface area (Å²) in [4.78, 5) is 13.6. The summed E-state index contributed by atoms with van der Waals surface area (Å²) in [5, 5.41) is 8.55. The molecule has 1 aromatic heterocycles. The molecular weight excluding hydrogens is 188 g/mol. The topological polar surface area (TPSA) is 65.9 Å². The zero-order chi connectivity index (χ0) is 9.84. The van der Waals surface area contributed by atoms with Crippen molar-refractivity contribution in [2.24, 2.45) is 0 Å². The molecule has 0 aromatic carbocycles. The van der Waals surface area contributed by atoms with Gasteiger partial charge in [0.2, 0.25) is 0 Å². The number of carbonyl (C=O) groups excluding carboxylic acids is 1. The Bertz CT molecular complexity index is 431. The molecule has 4 nitrogen and oxygen atoms in total. The second-order valence-corrected chi connectivity index (χ2v) is 2.63. The van der Waals surface area contributed by atoms with Gasteiger partial charge in [0.25, 0.3) is 0 Å². The van der Waals surface area contributed by atoms with E-state index in [4.69, 9.17) is 17.5 Å². The number of nitrogens with one attached hydrogen (secondary N) is 1. The van der Waals surface area contributed by atoms with Crippen LogP contribution in [-0.4, -0.2) is 18.1 Å². The molecule has 66 valence electrons. The molecule has 0 aliphatic rings. The third-order valence-electron chi connectivity index (χ3n) is 1.44. The number of pyridine rings is 1. The minimum Gasteiger partial charge on any atom is -0.464 e. The van der Waals surface area contributed by atoms with Crippen LogP contribution in [0, 0.1) is 16.0 Å². The van der Waals surface area contributed by atoms with Gasteiger partial charge in [-0.1, -0.05) is 12.2 Å². The van der Waals surface area contributed by atoms with Gasteiger partial charge in [-0.05, 0) is 12.1 Å². The van der Waals surface area contributed by atoms with Crippen molar-refractivity contribution in [3.8, 4) is 6.07 Å². The molecule has 0 aliphatic heterocycles. The number of hydrogen-bond donors (Lipinski definition) is 1. The molecule has 0 unspecified atom stereocenters. The minimum absolute atomic E-state index is 0.241. The lowest BCUT2D eigenvalue weighted by Gasteiger charge is -1.98. The number of methoxy groups -OCH3 is 1. The van der Waals surface area contributed by atoms with Gasteiger partial charge < -0.3 is 9.72 Å². The molecule has 1 rings (SSSR count). The van der Waals surface area contributed by atoms with Gasteiger partial charge in [0.05, 0.1) is 12.7 Å². The van der Waals surface area contributed by atoms with Gasteiger partial charge in [0.1, 0.15) is 16.4 Å². The fourth-order valence-electron chi connectivity index (χ4n) is 0.791. The lowest BCUT2D eigenvalue weighted by Crippen LogP contribution is -2.04. The molecule has 0 aliphatic carbocycles. The lowest BCUT2D eigenvalue weighted by molar-refractivity contribution is 0.0594. The molecule has 1 N–H and O–H groups in total. The highest BCUT2D eigenvalue weighted by Crippen LogP contribution is 2.02. The van der Waals surface area contributed by atoms with Crippen molar-refractivity contribution >= 4 is 18.2 Å². The number of carbonyl (C=O) groups is 1. The van der Waals surface area contributed by atoms with E-state index in [1.165, 1.54) is 19.2 Å². The van der Waals surface area contributed by atoms with Crippen LogP contribution in [0.4, 0.5) is 0 Å². The molecule has 1 aromatic rings. The van der Waals surface area contributed by atoms with Crippen molar-refractivity contribution in [3.05, 3.63) is 28.0 Å². The quantitative estimate of drug-likeness (QED) is 0.542. The first-order valence-electron chi connectivity index (χ1n) is 3.40. The summed E-state index contributed by atoms with van der Waals surface area (Å²) in [5.41, 5.74) is 0.578. The molecule has 0 atom stereocenters. The maximum absolute atomic E-state index is 11.0. The van der Waals surface area contributed by atoms with Crippen molar-refractivity contribution < 1.29 is 9.53 Å². The first-order chi connectivity index (χ1) is 6.19. The highest BCUT2D eigenvalue weighted by Gasteiger charge is 2.05. The molecule has 13 heavy (non-hydrogen) atoms.